The maximum Gasteiger partial charge on any atom is 0.406 e. The van der Waals surface area contributed by atoms with E-state index in [0.29, 0.717) is 28.4 Å². The molecule has 2 fully saturated rings. The molecule has 2 N–H and O–H groups in total. The SMILES string of the molecule is COc1cc([SH](=O)=O)ccc1NCC#Cc1cc2c(NC3CCN(C4CCOCC4)CC3)cccc2n1CC(F)(F)F. The molecule has 2 saturated heterocycles. The smallest absolute Gasteiger partial charge is 0.406 e. The van der Waals surface area contributed by atoms with Crippen LogP contribution in [-0.2, 0) is 22.0 Å². The Balaban J connectivity index is 1.32. The molecule has 0 atom stereocenters. The lowest BCUT2D eigenvalue weighted by molar-refractivity contribution is -0.140. The number of fused-ring (bicyclic) bond motifs is 1. The average molecular weight is 605 g/mol. The molecule has 5 rings (SSSR count). The molecule has 42 heavy (non-hydrogen) atoms. The Labute approximate surface area is 245 Å². The van der Waals surface area contributed by atoms with Crippen LogP contribution in [0.15, 0.2) is 47.4 Å². The molecule has 226 valence electrons. The molecule has 0 unspecified atom stereocenters. The van der Waals surface area contributed by atoms with Crippen molar-refractivity contribution < 1.29 is 31.1 Å². The van der Waals surface area contributed by atoms with E-state index >= 15 is 0 Å². The Kier molecular flexibility index (Phi) is 9.50. The first-order chi connectivity index (χ1) is 20.2. The Bertz CT molecular complexity index is 1520. The molecule has 1 aromatic heterocycles. The van der Waals surface area contributed by atoms with Crippen molar-refractivity contribution in [1.29, 1.82) is 0 Å². The summed E-state index contributed by atoms with van der Waals surface area (Å²) < 4.78 is 75.3. The number of rotatable bonds is 8. The topological polar surface area (TPSA) is 84.8 Å². The molecule has 0 aliphatic carbocycles. The second-order valence-electron chi connectivity index (χ2n) is 10.6. The van der Waals surface area contributed by atoms with Gasteiger partial charge in [0.05, 0.1) is 35.4 Å². The maximum absolute atomic E-state index is 13.6. The highest BCUT2D eigenvalue weighted by molar-refractivity contribution is 7.72. The third-order valence-corrected chi connectivity index (χ3v) is 8.56. The summed E-state index contributed by atoms with van der Waals surface area (Å²) in [5.74, 6) is 6.14. The highest BCUT2D eigenvalue weighted by atomic mass is 32.2. The van der Waals surface area contributed by atoms with Gasteiger partial charge in [-0.1, -0.05) is 12.0 Å². The third kappa shape index (κ3) is 7.32. The fraction of sp³-hybridized carbons (Fsp3) is 0.467. The van der Waals surface area contributed by atoms with E-state index in [-0.39, 0.29) is 23.2 Å². The largest absolute Gasteiger partial charge is 0.495 e. The van der Waals surface area contributed by atoms with Crippen LogP contribution in [0.3, 0.4) is 0 Å². The van der Waals surface area contributed by atoms with Gasteiger partial charge in [-0.25, -0.2) is 8.42 Å². The van der Waals surface area contributed by atoms with E-state index in [9.17, 15) is 21.6 Å². The summed E-state index contributed by atoms with van der Waals surface area (Å²) in [6.07, 6.45) is -0.366. The molecule has 0 radical (unpaired) electrons. The Morgan fingerprint density at radius 1 is 1.05 bits per heavy atom. The minimum atomic E-state index is -4.42. The number of aromatic nitrogens is 1. The molecular weight excluding hydrogens is 569 g/mol. The number of anilines is 2. The molecule has 8 nitrogen and oxygen atoms in total. The first-order valence-corrected chi connectivity index (χ1v) is 15.2. The van der Waals surface area contributed by atoms with Crippen LogP contribution in [0.5, 0.6) is 5.75 Å². The first-order valence-electron chi connectivity index (χ1n) is 14.0. The fourth-order valence-electron chi connectivity index (χ4n) is 5.76. The van der Waals surface area contributed by atoms with Crippen molar-refractivity contribution >= 4 is 33.0 Å². The number of piperidine rings is 1. The van der Waals surface area contributed by atoms with Crippen molar-refractivity contribution in [1.82, 2.24) is 9.47 Å². The quantitative estimate of drug-likeness (QED) is 0.254. The minimum Gasteiger partial charge on any atom is -0.495 e. The molecule has 2 aliphatic heterocycles. The van der Waals surface area contributed by atoms with Crippen LogP contribution < -0.4 is 15.4 Å². The number of halogens is 3. The van der Waals surface area contributed by atoms with Gasteiger partial charge in [-0.3, -0.25) is 0 Å². The predicted molar refractivity (Wildman–Crippen MR) is 157 cm³/mol. The van der Waals surface area contributed by atoms with Gasteiger partial charge in [0.2, 0.25) is 0 Å². The van der Waals surface area contributed by atoms with E-state index in [1.807, 2.05) is 6.07 Å². The average Bonchev–Trinajstić information content (AvgIpc) is 3.32. The van der Waals surface area contributed by atoms with E-state index in [4.69, 9.17) is 9.47 Å². The first kappa shape index (κ1) is 30.1. The van der Waals surface area contributed by atoms with Gasteiger partial charge in [-0.2, -0.15) is 13.2 Å². The number of thiol groups is 1. The van der Waals surface area contributed by atoms with Crippen molar-refractivity contribution in [2.45, 2.75) is 55.4 Å². The number of likely N-dealkylation sites (tertiary alicyclic amines) is 1. The molecule has 0 saturated carbocycles. The lowest BCUT2D eigenvalue weighted by Gasteiger charge is -2.39. The van der Waals surface area contributed by atoms with E-state index in [1.54, 1.807) is 24.3 Å². The van der Waals surface area contributed by atoms with Crippen molar-refractivity contribution in [3.63, 3.8) is 0 Å². The molecule has 2 aliphatic rings. The number of hydrogen-bond donors (Lipinski definition) is 3. The van der Waals surface area contributed by atoms with Crippen LogP contribution in [0, 0.1) is 11.8 Å². The normalized spacial score (nSPS) is 17.3. The third-order valence-electron chi connectivity index (χ3n) is 7.86. The number of methoxy groups -OCH3 is 1. The van der Waals surface area contributed by atoms with Gasteiger partial charge in [0.1, 0.15) is 12.3 Å². The number of ether oxygens (including phenoxy) is 2. The standard InChI is InChI=1S/C30H35F3N4O4S/c1-40-29-19-24(42(38)39)7-8-27(29)34-13-3-4-23-18-25-26(5-2-6-28(25)37(23)20-30(31,32)33)35-21-9-14-36(15-10-21)22-11-16-41-17-12-22/h2,5-8,18-19,21-22,34-35,42H,9-17,20H2,1H3. The fourth-order valence-corrected chi connectivity index (χ4v) is 6.18. The monoisotopic (exact) mass is 604 g/mol. The molecule has 0 bridgehead atoms. The van der Waals surface area contributed by atoms with Gasteiger partial charge in [0, 0.05) is 55.5 Å². The van der Waals surface area contributed by atoms with Gasteiger partial charge < -0.3 is 29.6 Å². The zero-order valence-electron chi connectivity index (χ0n) is 23.4. The van der Waals surface area contributed by atoms with Crippen molar-refractivity contribution in [3.05, 3.63) is 48.2 Å². The van der Waals surface area contributed by atoms with Crippen molar-refractivity contribution in [2.75, 3.05) is 50.6 Å². The number of nitrogens with zero attached hydrogens (tertiary/aromatic N) is 2. The maximum atomic E-state index is 13.6. The molecule has 3 aromatic rings. The summed E-state index contributed by atoms with van der Waals surface area (Å²) in [5.41, 5.74) is 2.06. The summed E-state index contributed by atoms with van der Waals surface area (Å²) >= 11 is 0. The Morgan fingerprint density at radius 3 is 2.50 bits per heavy atom. The Morgan fingerprint density at radius 2 is 1.81 bits per heavy atom. The number of alkyl halides is 3. The molecule has 3 heterocycles. The van der Waals surface area contributed by atoms with Crippen LogP contribution in [0.4, 0.5) is 24.5 Å². The summed E-state index contributed by atoms with van der Waals surface area (Å²) in [6, 6.07) is 12.3. The molecule has 0 spiro atoms. The highest BCUT2D eigenvalue weighted by Crippen LogP contribution is 2.32. The van der Waals surface area contributed by atoms with Crippen molar-refractivity contribution in [2.24, 2.45) is 0 Å². The van der Waals surface area contributed by atoms with Gasteiger partial charge in [-0.05, 0) is 61.9 Å². The number of hydrogen-bond acceptors (Lipinski definition) is 7. The summed E-state index contributed by atoms with van der Waals surface area (Å²) in [6.45, 7) is 2.57. The van der Waals surface area contributed by atoms with E-state index < -0.39 is 23.4 Å². The second kappa shape index (κ2) is 13.3. The van der Waals surface area contributed by atoms with Crippen LogP contribution in [0.25, 0.3) is 10.9 Å². The highest BCUT2D eigenvalue weighted by Gasteiger charge is 2.30. The zero-order valence-corrected chi connectivity index (χ0v) is 24.3. The molecule has 2 aromatic carbocycles. The van der Waals surface area contributed by atoms with Crippen molar-refractivity contribution in [3.8, 4) is 17.6 Å². The van der Waals surface area contributed by atoms with Gasteiger partial charge in [0.15, 0.2) is 10.7 Å². The van der Waals surface area contributed by atoms with Gasteiger partial charge in [0.25, 0.3) is 0 Å². The molecule has 0 amide bonds. The van der Waals surface area contributed by atoms with Crippen LogP contribution in [0.1, 0.15) is 31.4 Å². The zero-order chi connectivity index (χ0) is 29.7. The van der Waals surface area contributed by atoms with Crippen LogP contribution >= 0.6 is 0 Å². The van der Waals surface area contributed by atoms with Gasteiger partial charge in [-0.15, -0.1) is 0 Å². The van der Waals surface area contributed by atoms with Crippen LogP contribution in [-0.4, -0.2) is 76.1 Å². The number of benzene rings is 2. The molecular formula is C30H35F3N4O4S. The van der Waals surface area contributed by atoms with Gasteiger partial charge >= 0.3 is 6.18 Å². The van der Waals surface area contributed by atoms with E-state index in [0.717, 1.165) is 57.7 Å². The van der Waals surface area contributed by atoms with Crippen LogP contribution in [0.2, 0.25) is 0 Å². The lowest BCUT2D eigenvalue weighted by atomic mass is 9.99. The molecule has 12 heteroatoms. The lowest BCUT2D eigenvalue weighted by Crippen LogP contribution is -2.46. The minimum absolute atomic E-state index is 0.115. The summed E-state index contributed by atoms with van der Waals surface area (Å²) in [4.78, 5) is 2.65. The van der Waals surface area contributed by atoms with E-state index in [1.165, 1.54) is 23.8 Å². The summed E-state index contributed by atoms with van der Waals surface area (Å²) in [5, 5.41) is 7.35. The summed E-state index contributed by atoms with van der Waals surface area (Å²) in [7, 11) is -1.34. The number of nitrogens with one attached hydrogen (secondary N) is 2. The Hall–Kier alpha value is -3.40. The second-order valence-corrected chi connectivity index (χ2v) is 11.6. The predicted octanol–water partition coefficient (Wildman–Crippen LogP) is 4.70. The van der Waals surface area contributed by atoms with E-state index in [2.05, 4.69) is 27.4 Å².